The second-order valence-electron chi connectivity index (χ2n) is 10.3. The van der Waals surface area contributed by atoms with E-state index in [9.17, 15) is 19.8 Å². The molecule has 1 fully saturated rings. The van der Waals surface area contributed by atoms with Gasteiger partial charge in [-0.1, -0.05) is 44.1 Å². The normalized spacial score (nSPS) is 43.3. The summed E-state index contributed by atoms with van der Waals surface area (Å²) < 4.78 is 5.37. The molecule has 0 saturated carbocycles. The van der Waals surface area contributed by atoms with E-state index < -0.39 is 23.7 Å². The Morgan fingerprint density at radius 2 is 1.87 bits per heavy atom. The molecule has 6 nitrogen and oxygen atoms in total. The van der Waals surface area contributed by atoms with Crippen molar-refractivity contribution in [2.45, 2.75) is 84.7 Å². The van der Waals surface area contributed by atoms with Crippen LogP contribution in [0.2, 0.25) is 0 Å². The van der Waals surface area contributed by atoms with Crippen LogP contribution in [0.25, 0.3) is 0 Å². The molecule has 0 unspecified atom stereocenters. The lowest BCUT2D eigenvalue weighted by molar-refractivity contribution is -0.149. The number of methoxy groups -OCH3 is 1. The van der Waals surface area contributed by atoms with Crippen LogP contribution in [0.5, 0.6) is 0 Å². The van der Waals surface area contributed by atoms with E-state index in [1.54, 1.807) is 0 Å². The van der Waals surface area contributed by atoms with Crippen LogP contribution in [0.3, 0.4) is 0 Å². The second kappa shape index (κ2) is 9.16. The van der Waals surface area contributed by atoms with Crippen LogP contribution in [0.1, 0.15) is 60.3 Å². The summed E-state index contributed by atoms with van der Waals surface area (Å²) in [6.07, 6.45) is 2.84. The zero-order chi connectivity index (χ0) is 23.1. The van der Waals surface area contributed by atoms with E-state index in [1.807, 2.05) is 13.0 Å². The molecule has 2 aliphatic carbocycles. The predicted molar refractivity (Wildman–Crippen MR) is 119 cm³/mol. The molecule has 31 heavy (non-hydrogen) atoms. The number of carbonyl (C=O) groups excluding carboxylic acids is 2. The van der Waals surface area contributed by atoms with Crippen LogP contribution in [-0.4, -0.2) is 53.4 Å². The molecular weight excluding hydrogens is 394 g/mol. The number of amides is 1. The first-order valence-corrected chi connectivity index (χ1v) is 11.6. The number of nitrogens with one attached hydrogen (secondary N) is 1. The third-order valence-electron chi connectivity index (χ3n) is 7.79. The number of aliphatic hydroxyl groups excluding tert-OH is 2. The first kappa shape index (κ1) is 24.1. The fraction of sp³-hybridized carbons (Fsp3) is 0.760. The standard InChI is InChI=1S/C25H39NO5/c1-13(2)9-18-22-16(5)15(4)11-17-10-14(3)7-8-19(27)23(31-6)20(28)12-21(29)25(17,22)24(30)26-18/h10-11,13,16-20,22-23,27-28H,7-9,12H2,1-6H3,(H,26,30)/b14-10-/t16-,17+,18+,19-,20+,22+,23-,25-/m1/s1. The molecule has 1 saturated heterocycles. The van der Waals surface area contributed by atoms with E-state index in [0.29, 0.717) is 18.8 Å². The highest BCUT2D eigenvalue weighted by atomic mass is 16.5. The average Bonchev–Trinajstić information content (AvgIpc) is 2.96. The molecule has 1 heterocycles. The SMILES string of the molecule is CO[C@@H]1[C@H](O)CC/C(C)=C\[C@H]2C=C(C)[C@@H](C)[C@H]3[C@H](CC(C)C)NC(=O)[C@]32C(=O)C[C@@H]1O. The molecule has 3 rings (SSSR count). The van der Waals surface area contributed by atoms with Gasteiger partial charge in [-0.2, -0.15) is 0 Å². The lowest BCUT2D eigenvalue weighted by Gasteiger charge is -2.45. The monoisotopic (exact) mass is 433 g/mol. The molecule has 3 aliphatic rings. The summed E-state index contributed by atoms with van der Waals surface area (Å²) in [6.45, 7) is 10.4. The van der Waals surface area contributed by atoms with Gasteiger partial charge in [0, 0.05) is 31.4 Å². The molecule has 3 N–H and O–H groups in total. The number of ether oxygens (including phenoxy) is 1. The van der Waals surface area contributed by atoms with Gasteiger partial charge in [-0.15, -0.1) is 0 Å². The van der Waals surface area contributed by atoms with Crippen LogP contribution >= 0.6 is 0 Å². The van der Waals surface area contributed by atoms with E-state index in [-0.39, 0.29) is 41.9 Å². The highest BCUT2D eigenvalue weighted by molar-refractivity contribution is 6.09. The van der Waals surface area contributed by atoms with Crippen LogP contribution < -0.4 is 5.32 Å². The number of hydrogen-bond donors (Lipinski definition) is 3. The summed E-state index contributed by atoms with van der Waals surface area (Å²) in [5.74, 6) is -0.559. The number of Topliss-reactive ketones (excluding diaryl/α,β-unsaturated/α-hetero) is 1. The fourth-order valence-electron chi connectivity index (χ4n) is 6.18. The molecule has 0 radical (unpaired) electrons. The van der Waals surface area contributed by atoms with E-state index in [2.05, 4.69) is 39.1 Å². The smallest absolute Gasteiger partial charge is 0.235 e. The Bertz CT molecular complexity index is 772. The van der Waals surface area contributed by atoms with Crippen molar-refractivity contribution < 1.29 is 24.5 Å². The summed E-state index contributed by atoms with van der Waals surface area (Å²) in [6, 6.07) is -0.0858. The minimum atomic E-state index is -1.24. The molecular formula is C25H39NO5. The molecule has 0 bridgehead atoms. The summed E-state index contributed by atoms with van der Waals surface area (Å²) >= 11 is 0. The average molecular weight is 434 g/mol. The topological polar surface area (TPSA) is 95.9 Å². The Morgan fingerprint density at radius 3 is 2.48 bits per heavy atom. The number of carbonyl (C=O) groups is 2. The molecule has 1 aliphatic heterocycles. The molecule has 1 spiro atoms. The van der Waals surface area contributed by atoms with Gasteiger partial charge in [0.05, 0.1) is 12.2 Å². The lowest BCUT2D eigenvalue weighted by atomic mass is 9.54. The van der Waals surface area contributed by atoms with E-state index in [1.165, 1.54) is 12.7 Å². The number of hydrogen-bond acceptors (Lipinski definition) is 5. The fourth-order valence-corrected chi connectivity index (χ4v) is 6.18. The summed E-state index contributed by atoms with van der Waals surface area (Å²) in [7, 11) is 1.43. The highest BCUT2D eigenvalue weighted by Crippen LogP contribution is 2.55. The Kier molecular flexibility index (Phi) is 7.14. The number of aliphatic hydroxyl groups is 2. The van der Waals surface area contributed by atoms with Crippen LogP contribution in [-0.2, 0) is 14.3 Å². The number of allylic oxidation sites excluding steroid dienone is 4. The van der Waals surface area contributed by atoms with Crippen molar-refractivity contribution in [2.24, 2.45) is 29.1 Å². The number of ketones is 1. The van der Waals surface area contributed by atoms with Crippen LogP contribution in [0.15, 0.2) is 23.3 Å². The van der Waals surface area contributed by atoms with Crippen molar-refractivity contribution in [1.29, 1.82) is 0 Å². The Morgan fingerprint density at radius 1 is 1.19 bits per heavy atom. The Labute approximate surface area is 186 Å². The molecule has 174 valence electrons. The summed E-state index contributed by atoms with van der Waals surface area (Å²) in [4.78, 5) is 27.6. The van der Waals surface area contributed by atoms with Crippen LogP contribution in [0.4, 0.5) is 0 Å². The maximum Gasteiger partial charge on any atom is 0.235 e. The molecule has 8 atom stereocenters. The van der Waals surface area contributed by atoms with E-state index in [4.69, 9.17) is 4.74 Å². The minimum Gasteiger partial charge on any atom is -0.390 e. The third kappa shape index (κ3) is 4.14. The first-order valence-electron chi connectivity index (χ1n) is 11.6. The summed E-state index contributed by atoms with van der Waals surface area (Å²) in [5, 5.41) is 24.6. The molecule has 0 aromatic rings. The lowest BCUT2D eigenvalue weighted by Crippen LogP contribution is -2.54. The maximum absolute atomic E-state index is 13.9. The van der Waals surface area contributed by atoms with Gasteiger partial charge < -0.3 is 20.3 Å². The van der Waals surface area contributed by atoms with Crippen molar-refractivity contribution in [1.82, 2.24) is 5.32 Å². The van der Waals surface area contributed by atoms with Gasteiger partial charge in [0.2, 0.25) is 5.91 Å². The highest BCUT2D eigenvalue weighted by Gasteiger charge is 2.65. The van der Waals surface area contributed by atoms with Crippen molar-refractivity contribution >= 4 is 11.7 Å². The van der Waals surface area contributed by atoms with Crippen molar-refractivity contribution in [3.05, 3.63) is 23.3 Å². The van der Waals surface area contributed by atoms with Gasteiger partial charge in [-0.05, 0) is 44.9 Å². The predicted octanol–water partition coefficient (Wildman–Crippen LogP) is 2.78. The largest absolute Gasteiger partial charge is 0.390 e. The molecule has 1 amide bonds. The first-order chi connectivity index (χ1) is 14.5. The Hall–Kier alpha value is -1.50. The summed E-state index contributed by atoms with van der Waals surface area (Å²) in [5.41, 5.74) is 0.979. The van der Waals surface area contributed by atoms with Gasteiger partial charge in [-0.25, -0.2) is 0 Å². The Balaban J connectivity index is 2.17. The van der Waals surface area contributed by atoms with Crippen LogP contribution in [0, 0.1) is 29.1 Å². The molecule has 0 aromatic heterocycles. The zero-order valence-electron chi connectivity index (χ0n) is 19.7. The molecule has 0 aromatic carbocycles. The quantitative estimate of drug-likeness (QED) is 0.470. The van der Waals surface area contributed by atoms with E-state index in [0.717, 1.165) is 12.0 Å². The van der Waals surface area contributed by atoms with Gasteiger partial charge in [-0.3, -0.25) is 9.59 Å². The minimum absolute atomic E-state index is 0.0719. The maximum atomic E-state index is 13.9. The molecule has 6 heteroatoms. The zero-order valence-corrected chi connectivity index (χ0v) is 19.7. The van der Waals surface area contributed by atoms with Gasteiger partial charge in [0.1, 0.15) is 11.5 Å². The number of rotatable bonds is 3. The van der Waals surface area contributed by atoms with Gasteiger partial charge >= 0.3 is 0 Å². The van der Waals surface area contributed by atoms with Crippen molar-refractivity contribution in [2.75, 3.05) is 7.11 Å². The van der Waals surface area contributed by atoms with Crippen molar-refractivity contribution in [3.8, 4) is 0 Å². The van der Waals surface area contributed by atoms with E-state index >= 15 is 0 Å². The van der Waals surface area contributed by atoms with Gasteiger partial charge in [0.25, 0.3) is 0 Å². The third-order valence-corrected chi connectivity index (χ3v) is 7.79. The second-order valence-corrected chi connectivity index (χ2v) is 10.3. The van der Waals surface area contributed by atoms with Gasteiger partial charge in [0.15, 0.2) is 5.78 Å². The van der Waals surface area contributed by atoms with Crippen molar-refractivity contribution in [3.63, 3.8) is 0 Å².